The van der Waals surface area contributed by atoms with Crippen molar-refractivity contribution in [2.75, 3.05) is 26.4 Å². The molecule has 1 aliphatic rings. The molecule has 0 aromatic heterocycles. The van der Waals surface area contributed by atoms with Crippen molar-refractivity contribution in [2.45, 2.75) is 19.5 Å². The Bertz CT molecular complexity index is 1080. The number of carboxylic acid groups (broad SMARTS) is 1. The van der Waals surface area contributed by atoms with E-state index in [-0.39, 0.29) is 11.4 Å². The normalized spacial score (nSPS) is 15.3. The first kappa shape index (κ1) is 22.0. The molecule has 0 unspecified atom stereocenters. The zero-order chi connectivity index (χ0) is 22.3. The zero-order valence-corrected chi connectivity index (χ0v) is 17.8. The van der Waals surface area contributed by atoms with E-state index in [0.29, 0.717) is 57.2 Å². The molecule has 0 spiro atoms. The van der Waals surface area contributed by atoms with E-state index in [1.807, 2.05) is 24.3 Å². The van der Waals surface area contributed by atoms with Gasteiger partial charge in [0.25, 0.3) is 0 Å². The molecule has 5 nitrogen and oxygen atoms in total. The molecule has 4 rings (SSSR count). The summed E-state index contributed by atoms with van der Waals surface area (Å²) in [5, 5.41) is 9.38. The van der Waals surface area contributed by atoms with E-state index in [9.17, 15) is 14.3 Å². The number of nitrogens with zero attached hydrogens (tertiary/aromatic N) is 1. The second kappa shape index (κ2) is 10.4. The van der Waals surface area contributed by atoms with Crippen LogP contribution in [0.3, 0.4) is 0 Å². The maximum absolute atomic E-state index is 14.2. The van der Waals surface area contributed by atoms with E-state index in [4.69, 9.17) is 9.47 Å². The number of hydrogen-bond acceptors (Lipinski definition) is 4. The van der Waals surface area contributed by atoms with Crippen LogP contribution in [-0.4, -0.2) is 42.3 Å². The van der Waals surface area contributed by atoms with Crippen LogP contribution in [0, 0.1) is 5.82 Å². The number of fused-ring (bicyclic) bond motifs is 3. The molecule has 3 aromatic carbocycles. The molecule has 1 N–H and O–H groups in total. The maximum Gasteiger partial charge on any atom is 0.335 e. The standard InChI is InChI=1S/C26H26FNO4/c27-24-7-2-1-6-22(24)18-28-10-11-31-12-13-32-25-9-8-21(26(29)30)16-23(25)15-19-4-3-5-20(14-19)17-28/h1-9,14,16H,10-13,15,17-18H2,(H,29,30). The molecule has 1 aliphatic heterocycles. The number of halogens is 1. The molecule has 0 saturated heterocycles. The third-order valence-electron chi connectivity index (χ3n) is 5.49. The number of carbonyl (C=O) groups is 1. The van der Waals surface area contributed by atoms with Crippen LogP contribution in [0.1, 0.15) is 32.6 Å². The highest BCUT2D eigenvalue weighted by Gasteiger charge is 2.14. The molecule has 0 aliphatic carbocycles. The molecule has 0 fully saturated rings. The Labute approximate surface area is 187 Å². The van der Waals surface area contributed by atoms with Gasteiger partial charge in [-0.15, -0.1) is 0 Å². The summed E-state index contributed by atoms with van der Waals surface area (Å²) in [6.45, 7) is 3.09. The van der Waals surface area contributed by atoms with Crippen molar-refractivity contribution in [3.63, 3.8) is 0 Å². The van der Waals surface area contributed by atoms with Gasteiger partial charge >= 0.3 is 5.97 Å². The lowest BCUT2D eigenvalue weighted by molar-refractivity contribution is 0.0695. The molecule has 2 bridgehead atoms. The second-order valence-electron chi connectivity index (χ2n) is 7.89. The minimum absolute atomic E-state index is 0.208. The van der Waals surface area contributed by atoms with Gasteiger partial charge in [0.1, 0.15) is 18.2 Å². The van der Waals surface area contributed by atoms with Gasteiger partial charge in [-0.3, -0.25) is 4.90 Å². The molecule has 1 heterocycles. The molecular formula is C26H26FNO4. The predicted molar refractivity (Wildman–Crippen MR) is 119 cm³/mol. The summed E-state index contributed by atoms with van der Waals surface area (Å²) in [5.74, 6) is -0.504. The van der Waals surface area contributed by atoms with Crippen LogP contribution in [0.2, 0.25) is 0 Å². The minimum Gasteiger partial charge on any atom is -0.491 e. The molecule has 0 amide bonds. The summed E-state index contributed by atoms with van der Waals surface area (Å²) in [5.41, 5.74) is 3.88. The van der Waals surface area contributed by atoms with Gasteiger partial charge in [-0.2, -0.15) is 0 Å². The topological polar surface area (TPSA) is 59.0 Å². The Morgan fingerprint density at radius 1 is 0.969 bits per heavy atom. The number of rotatable bonds is 3. The molecule has 0 atom stereocenters. The average Bonchev–Trinajstić information content (AvgIpc) is 2.78. The molecule has 0 radical (unpaired) electrons. The van der Waals surface area contributed by atoms with Crippen LogP contribution < -0.4 is 4.74 Å². The van der Waals surface area contributed by atoms with Crippen LogP contribution >= 0.6 is 0 Å². The molecule has 166 valence electrons. The van der Waals surface area contributed by atoms with Gasteiger partial charge in [0.15, 0.2) is 0 Å². The van der Waals surface area contributed by atoms with Crippen LogP contribution in [-0.2, 0) is 24.2 Å². The quantitative estimate of drug-likeness (QED) is 0.655. The van der Waals surface area contributed by atoms with Gasteiger partial charge < -0.3 is 14.6 Å². The monoisotopic (exact) mass is 435 g/mol. The first-order valence-corrected chi connectivity index (χ1v) is 10.7. The highest BCUT2D eigenvalue weighted by molar-refractivity contribution is 5.88. The Kier molecular flexibility index (Phi) is 7.14. The summed E-state index contributed by atoms with van der Waals surface area (Å²) >= 11 is 0. The number of carboxylic acids is 1. The summed E-state index contributed by atoms with van der Waals surface area (Å²) in [4.78, 5) is 13.6. The van der Waals surface area contributed by atoms with Gasteiger partial charge in [0.2, 0.25) is 0 Å². The van der Waals surface area contributed by atoms with E-state index < -0.39 is 5.97 Å². The van der Waals surface area contributed by atoms with Crippen LogP contribution in [0.4, 0.5) is 4.39 Å². The van der Waals surface area contributed by atoms with E-state index in [1.54, 1.807) is 24.3 Å². The fourth-order valence-electron chi connectivity index (χ4n) is 3.90. The largest absolute Gasteiger partial charge is 0.491 e. The van der Waals surface area contributed by atoms with E-state index in [2.05, 4.69) is 17.0 Å². The summed E-state index contributed by atoms with van der Waals surface area (Å²) in [6.07, 6.45) is 0.554. The van der Waals surface area contributed by atoms with Gasteiger partial charge in [-0.05, 0) is 41.0 Å². The summed E-state index contributed by atoms with van der Waals surface area (Å²) in [7, 11) is 0. The molecule has 0 saturated carbocycles. The summed E-state index contributed by atoms with van der Waals surface area (Å²) < 4.78 is 25.9. The van der Waals surface area contributed by atoms with Gasteiger partial charge in [-0.1, -0.05) is 42.5 Å². The lowest BCUT2D eigenvalue weighted by Gasteiger charge is -2.23. The van der Waals surface area contributed by atoms with Gasteiger partial charge in [0.05, 0.1) is 18.8 Å². The van der Waals surface area contributed by atoms with Crippen molar-refractivity contribution in [3.8, 4) is 5.75 Å². The SMILES string of the molecule is O=C(O)c1ccc2c(c1)Cc1cccc(c1)CN(Cc1ccccc1F)CCOCCO2. The first-order valence-electron chi connectivity index (χ1n) is 10.7. The van der Waals surface area contributed by atoms with Crippen LogP contribution in [0.15, 0.2) is 66.7 Å². The van der Waals surface area contributed by atoms with Crippen molar-refractivity contribution in [2.24, 2.45) is 0 Å². The lowest BCUT2D eigenvalue weighted by atomic mass is 10.00. The maximum atomic E-state index is 14.2. The average molecular weight is 435 g/mol. The first-order chi connectivity index (χ1) is 15.6. The van der Waals surface area contributed by atoms with Gasteiger partial charge in [0, 0.05) is 31.6 Å². The third-order valence-corrected chi connectivity index (χ3v) is 5.49. The highest BCUT2D eigenvalue weighted by atomic mass is 19.1. The third kappa shape index (κ3) is 5.72. The molecule has 3 aromatic rings. The van der Waals surface area contributed by atoms with E-state index in [1.165, 1.54) is 6.07 Å². The smallest absolute Gasteiger partial charge is 0.335 e. The molecule has 32 heavy (non-hydrogen) atoms. The highest BCUT2D eigenvalue weighted by Crippen LogP contribution is 2.25. The number of ether oxygens (including phenoxy) is 2. The van der Waals surface area contributed by atoms with Crippen LogP contribution in [0.25, 0.3) is 0 Å². The Balaban J connectivity index is 1.61. The lowest BCUT2D eigenvalue weighted by Crippen LogP contribution is -2.28. The van der Waals surface area contributed by atoms with Crippen molar-refractivity contribution in [1.82, 2.24) is 4.90 Å². The number of benzene rings is 3. The van der Waals surface area contributed by atoms with Crippen molar-refractivity contribution in [3.05, 3.63) is 100 Å². The number of hydrogen-bond donors (Lipinski definition) is 1. The fraction of sp³-hybridized carbons (Fsp3) is 0.269. The fourth-order valence-corrected chi connectivity index (χ4v) is 3.90. The summed E-state index contributed by atoms with van der Waals surface area (Å²) in [6, 6.07) is 20.0. The van der Waals surface area contributed by atoms with Crippen molar-refractivity contribution < 1.29 is 23.8 Å². The van der Waals surface area contributed by atoms with Gasteiger partial charge in [-0.25, -0.2) is 9.18 Å². The Hall–Kier alpha value is -3.22. The zero-order valence-electron chi connectivity index (χ0n) is 17.8. The second-order valence-corrected chi connectivity index (χ2v) is 7.89. The molecular weight excluding hydrogens is 409 g/mol. The van der Waals surface area contributed by atoms with Crippen LogP contribution in [0.5, 0.6) is 5.75 Å². The van der Waals surface area contributed by atoms with E-state index in [0.717, 1.165) is 16.7 Å². The number of aromatic carboxylic acids is 1. The van der Waals surface area contributed by atoms with E-state index >= 15 is 0 Å². The Morgan fingerprint density at radius 2 is 1.81 bits per heavy atom. The minimum atomic E-state index is -0.965. The molecule has 6 heteroatoms. The predicted octanol–water partition coefficient (Wildman–Crippen LogP) is 4.53. The van der Waals surface area contributed by atoms with Crippen molar-refractivity contribution in [1.29, 1.82) is 0 Å². The van der Waals surface area contributed by atoms with Crippen molar-refractivity contribution >= 4 is 5.97 Å². The Morgan fingerprint density at radius 3 is 2.66 bits per heavy atom.